The Balaban J connectivity index is 1.90. The van der Waals surface area contributed by atoms with Crippen LogP contribution in [0.2, 0.25) is 0 Å². The SMILES string of the molecule is CCN(CC1CC1)C1COCCC1NC. The highest BCUT2D eigenvalue weighted by atomic mass is 16.5. The van der Waals surface area contributed by atoms with Gasteiger partial charge in [-0.3, -0.25) is 4.90 Å². The molecule has 0 spiro atoms. The summed E-state index contributed by atoms with van der Waals surface area (Å²) in [6.45, 7) is 6.53. The minimum atomic E-state index is 0.592. The summed E-state index contributed by atoms with van der Waals surface area (Å²) >= 11 is 0. The topological polar surface area (TPSA) is 24.5 Å². The first-order chi connectivity index (χ1) is 7.35. The number of nitrogens with zero attached hydrogens (tertiary/aromatic N) is 1. The molecule has 0 amide bonds. The fraction of sp³-hybridized carbons (Fsp3) is 1.00. The monoisotopic (exact) mass is 212 g/mol. The van der Waals surface area contributed by atoms with Crippen LogP contribution in [0.5, 0.6) is 0 Å². The molecule has 0 aromatic heterocycles. The molecule has 0 aromatic carbocycles. The summed E-state index contributed by atoms with van der Waals surface area (Å²) in [4.78, 5) is 2.61. The maximum absolute atomic E-state index is 5.62. The molecule has 3 nitrogen and oxygen atoms in total. The molecule has 3 heteroatoms. The van der Waals surface area contributed by atoms with Crippen molar-refractivity contribution < 1.29 is 4.74 Å². The molecule has 1 saturated carbocycles. The van der Waals surface area contributed by atoms with E-state index >= 15 is 0 Å². The maximum Gasteiger partial charge on any atom is 0.0637 e. The lowest BCUT2D eigenvalue weighted by Gasteiger charge is -2.39. The molecule has 1 N–H and O–H groups in total. The number of ether oxygens (including phenoxy) is 1. The summed E-state index contributed by atoms with van der Waals surface area (Å²) in [7, 11) is 2.08. The second kappa shape index (κ2) is 5.28. The van der Waals surface area contributed by atoms with Crippen LogP contribution >= 0.6 is 0 Å². The Morgan fingerprint density at radius 2 is 2.13 bits per heavy atom. The van der Waals surface area contributed by atoms with E-state index in [2.05, 4.69) is 24.2 Å². The minimum Gasteiger partial charge on any atom is -0.380 e. The maximum atomic E-state index is 5.62. The van der Waals surface area contributed by atoms with Gasteiger partial charge in [0.25, 0.3) is 0 Å². The average molecular weight is 212 g/mol. The molecule has 2 fully saturated rings. The van der Waals surface area contributed by atoms with Gasteiger partial charge in [-0.1, -0.05) is 6.92 Å². The Labute approximate surface area is 93.2 Å². The second-order valence-electron chi connectivity index (χ2n) is 4.86. The summed E-state index contributed by atoms with van der Waals surface area (Å²) in [5.41, 5.74) is 0. The van der Waals surface area contributed by atoms with E-state index in [1.54, 1.807) is 0 Å². The van der Waals surface area contributed by atoms with E-state index in [-0.39, 0.29) is 0 Å². The van der Waals surface area contributed by atoms with Crippen molar-refractivity contribution in [2.75, 3.05) is 33.4 Å². The third-order valence-electron chi connectivity index (χ3n) is 3.76. The zero-order valence-electron chi connectivity index (χ0n) is 10.0. The van der Waals surface area contributed by atoms with Gasteiger partial charge >= 0.3 is 0 Å². The molecule has 88 valence electrons. The number of rotatable bonds is 5. The summed E-state index contributed by atoms with van der Waals surface area (Å²) in [6, 6.07) is 1.21. The molecule has 2 atom stereocenters. The van der Waals surface area contributed by atoms with Crippen molar-refractivity contribution >= 4 is 0 Å². The minimum absolute atomic E-state index is 0.592. The number of nitrogens with one attached hydrogen (secondary N) is 1. The van der Waals surface area contributed by atoms with Crippen LogP contribution < -0.4 is 5.32 Å². The van der Waals surface area contributed by atoms with Crippen molar-refractivity contribution in [3.8, 4) is 0 Å². The molecule has 2 unspecified atom stereocenters. The largest absolute Gasteiger partial charge is 0.380 e. The van der Waals surface area contributed by atoms with Gasteiger partial charge in [0, 0.05) is 25.2 Å². The Kier molecular flexibility index (Phi) is 4.00. The molecular weight excluding hydrogens is 188 g/mol. The first-order valence-corrected chi connectivity index (χ1v) is 6.34. The lowest BCUT2D eigenvalue weighted by molar-refractivity contribution is -0.00128. The van der Waals surface area contributed by atoms with Gasteiger partial charge in [0.15, 0.2) is 0 Å². The van der Waals surface area contributed by atoms with Gasteiger partial charge in [-0.15, -0.1) is 0 Å². The van der Waals surface area contributed by atoms with Gasteiger partial charge in [-0.25, -0.2) is 0 Å². The summed E-state index contributed by atoms with van der Waals surface area (Å²) in [5.74, 6) is 0.976. The Bertz CT molecular complexity index is 194. The Morgan fingerprint density at radius 3 is 2.73 bits per heavy atom. The number of hydrogen-bond donors (Lipinski definition) is 1. The van der Waals surface area contributed by atoms with Gasteiger partial charge < -0.3 is 10.1 Å². The van der Waals surface area contributed by atoms with Crippen LogP contribution in [0.1, 0.15) is 26.2 Å². The normalized spacial score (nSPS) is 32.2. The molecule has 15 heavy (non-hydrogen) atoms. The van der Waals surface area contributed by atoms with Crippen molar-refractivity contribution in [2.24, 2.45) is 5.92 Å². The summed E-state index contributed by atoms with van der Waals surface area (Å²) < 4.78 is 5.62. The molecule has 0 aromatic rings. The molecular formula is C12H24N2O. The van der Waals surface area contributed by atoms with E-state index in [9.17, 15) is 0 Å². The molecule has 0 radical (unpaired) electrons. The fourth-order valence-corrected chi connectivity index (χ4v) is 2.55. The van der Waals surface area contributed by atoms with E-state index in [4.69, 9.17) is 4.74 Å². The Hall–Kier alpha value is -0.120. The highest BCUT2D eigenvalue weighted by Crippen LogP contribution is 2.31. The van der Waals surface area contributed by atoms with Crippen molar-refractivity contribution in [3.63, 3.8) is 0 Å². The first kappa shape index (κ1) is 11.4. The van der Waals surface area contributed by atoms with E-state index < -0.39 is 0 Å². The van der Waals surface area contributed by atoms with E-state index in [1.165, 1.54) is 19.4 Å². The molecule has 1 aliphatic carbocycles. The molecule has 1 aliphatic heterocycles. The van der Waals surface area contributed by atoms with Gasteiger partial charge in [0.2, 0.25) is 0 Å². The molecule has 2 rings (SSSR count). The van der Waals surface area contributed by atoms with E-state index in [0.717, 1.165) is 32.1 Å². The molecule has 1 saturated heterocycles. The highest BCUT2D eigenvalue weighted by Gasteiger charge is 2.32. The Morgan fingerprint density at radius 1 is 1.33 bits per heavy atom. The lowest BCUT2D eigenvalue weighted by Crippen LogP contribution is -2.55. The van der Waals surface area contributed by atoms with Crippen LogP contribution in [-0.4, -0.2) is 50.3 Å². The van der Waals surface area contributed by atoms with Crippen molar-refractivity contribution in [3.05, 3.63) is 0 Å². The third kappa shape index (κ3) is 2.92. The smallest absolute Gasteiger partial charge is 0.0637 e. The molecule has 0 bridgehead atoms. The molecule has 1 heterocycles. The van der Waals surface area contributed by atoms with Crippen molar-refractivity contribution in [1.29, 1.82) is 0 Å². The summed E-state index contributed by atoms with van der Waals surface area (Å²) in [6.07, 6.45) is 4.03. The standard InChI is InChI=1S/C12H24N2O/c1-3-14(8-10-4-5-10)12-9-15-7-6-11(12)13-2/h10-13H,3-9H2,1-2H3. The fourth-order valence-electron chi connectivity index (χ4n) is 2.55. The quantitative estimate of drug-likeness (QED) is 0.738. The van der Waals surface area contributed by atoms with Crippen molar-refractivity contribution in [2.45, 2.75) is 38.3 Å². The van der Waals surface area contributed by atoms with Gasteiger partial charge in [-0.05, 0) is 38.8 Å². The van der Waals surface area contributed by atoms with Crippen molar-refractivity contribution in [1.82, 2.24) is 10.2 Å². The van der Waals surface area contributed by atoms with E-state index in [0.29, 0.717) is 12.1 Å². The number of likely N-dealkylation sites (N-methyl/N-ethyl adjacent to an activating group) is 2. The van der Waals surface area contributed by atoms with Gasteiger partial charge in [0.1, 0.15) is 0 Å². The number of hydrogen-bond acceptors (Lipinski definition) is 3. The second-order valence-corrected chi connectivity index (χ2v) is 4.86. The summed E-state index contributed by atoms with van der Waals surface area (Å²) in [5, 5.41) is 3.44. The van der Waals surface area contributed by atoms with Crippen LogP contribution in [0.3, 0.4) is 0 Å². The molecule has 2 aliphatic rings. The third-order valence-corrected chi connectivity index (χ3v) is 3.76. The van der Waals surface area contributed by atoms with Gasteiger partial charge in [0.05, 0.1) is 6.61 Å². The predicted octanol–water partition coefficient (Wildman–Crippen LogP) is 1.10. The van der Waals surface area contributed by atoms with Gasteiger partial charge in [-0.2, -0.15) is 0 Å². The predicted molar refractivity (Wildman–Crippen MR) is 62.0 cm³/mol. The first-order valence-electron chi connectivity index (χ1n) is 6.34. The van der Waals surface area contributed by atoms with Crippen LogP contribution in [0.15, 0.2) is 0 Å². The van der Waals surface area contributed by atoms with Crippen LogP contribution in [0.25, 0.3) is 0 Å². The van der Waals surface area contributed by atoms with Crippen LogP contribution in [0, 0.1) is 5.92 Å². The lowest BCUT2D eigenvalue weighted by atomic mass is 10.0. The zero-order chi connectivity index (χ0) is 10.7. The van der Waals surface area contributed by atoms with E-state index in [1.807, 2.05) is 0 Å². The average Bonchev–Trinajstić information content (AvgIpc) is 3.10. The highest BCUT2D eigenvalue weighted by molar-refractivity contribution is 4.89. The van der Waals surface area contributed by atoms with Crippen LogP contribution in [0.4, 0.5) is 0 Å². The zero-order valence-corrected chi connectivity index (χ0v) is 10.0. The van der Waals surface area contributed by atoms with Crippen LogP contribution in [-0.2, 0) is 4.74 Å².